The Balaban J connectivity index is 2.42. The van der Waals surface area contributed by atoms with E-state index in [4.69, 9.17) is 15.2 Å². The van der Waals surface area contributed by atoms with Gasteiger partial charge in [-0.2, -0.15) is 10.1 Å². The van der Waals surface area contributed by atoms with Crippen LogP contribution in [0.15, 0.2) is 53.6 Å². The van der Waals surface area contributed by atoms with Gasteiger partial charge < -0.3 is 15.2 Å². The summed E-state index contributed by atoms with van der Waals surface area (Å²) in [6.45, 7) is 1.78. The second-order valence-corrected chi connectivity index (χ2v) is 4.74. The van der Waals surface area contributed by atoms with E-state index in [9.17, 15) is 4.79 Å². The van der Waals surface area contributed by atoms with Crippen LogP contribution in [0.5, 0.6) is 11.5 Å². The van der Waals surface area contributed by atoms with Gasteiger partial charge in [-0.05, 0) is 31.2 Å². The number of para-hydroxylation sites is 1. The molecule has 0 aliphatic carbocycles. The molecule has 0 spiro atoms. The summed E-state index contributed by atoms with van der Waals surface area (Å²) in [5, 5.41) is 5.49. The van der Waals surface area contributed by atoms with Gasteiger partial charge >= 0.3 is 6.03 Å². The monoisotopic (exact) mass is 313 g/mol. The van der Waals surface area contributed by atoms with Crippen molar-refractivity contribution >= 4 is 17.4 Å². The minimum atomic E-state index is -0.664. The van der Waals surface area contributed by atoms with Crippen LogP contribution in [0, 0.1) is 0 Å². The highest BCUT2D eigenvalue weighted by Gasteiger charge is 2.14. The molecule has 2 N–H and O–H groups in total. The van der Waals surface area contributed by atoms with Gasteiger partial charge in [-0.25, -0.2) is 4.79 Å². The standard InChI is InChI=1S/C17H19N3O3/c1-12(15-10-9-14(22-2)11-16(15)23-3)19-20(17(18)21)13-7-5-4-6-8-13/h4-11H,1-3H3,(H2,18,21)/b19-12+. The minimum Gasteiger partial charge on any atom is -0.497 e. The summed E-state index contributed by atoms with van der Waals surface area (Å²) in [7, 11) is 3.15. The van der Waals surface area contributed by atoms with E-state index >= 15 is 0 Å². The highest BCUT2D eigenvalue weighted by molar-refractivity contribution is 6.04. The predicted octanol–water partition coefficient (Wildman–Crippen LogP) is 3.01. The van der Waals surface area contributed by atoms with E-state index < -0.39 is 6.03 Å². The quantitative estimate of drug-likeness (QED) is 0.681. The fourth-order valence-corrected chi connectivity index (χ4v) is 2.10. The molecule has 2 aromatic rings. The summed E-state index contributed by atoms with van der Waals surface area (Å²) in [5.74, 6) is 1.27. The van der Waals surface area contributed by atoms with Gasteiger partial charge in [-0.1, -0.05) is 18.2 Å². The van der Waals surface area contributed by atoms with E-state index in [0.717, 1.165) is 10.6 Å². The minimum absolute atomic E-state index is 0.590. The van der Waals surface area contributed by atoms with Gasteiger partial charge in [0.25, 0.3) is 0 Å². The number of nitrogens with zero attached hydrogens (tertiary/aromatic N) is 2. The van der Waals surface area contributed by atoms with Gasteiger partial charge in [-0.15, -0.1) is 0 Å². The number of hydrogen-bond donors (Lipinski definition) is 1. The second-order valence-electron chi connectivity index (χ2n) is 4.74. The van der Waals surface area contributed by atoms with Crippen LogP contribution in [0.25, 0.3) is 0 Å². The van der Waals surface area contributed by atoms with E-state index in [0.29, 0.717) is 22.9 Å². The normalized spacial score (nSPS) is 11.0. The summed E-state index contributed by atoms with van der Waals surface area (Å²) in [5.41, 5.74) is 7.37. The van der Waals surface area contributed by atoms with Gasteiger partial charge in [0.2, 0.25) is 0 Å². The lowest BCUT2D eigenvalue weighted by atomic mass is 10.1. The van der Waals surface area contributed by atoms with E-state index in [1.807, 2.05) is 24.3 Å². The molecule has 0 unspecified atom stereocenters. The lowest BCUT2D eigenvalue weighted by Gasteiger charge is -2.17. The van der Waals surface area contributed by atoms with Crippen molar-refractivity contribution in [2.45, 2.75) is 6.92 Å². The maximum atomic E-state index is 11.7. The van der Waals surface area contributed by atoms with Crippen LogP contribution < -0.4 is 20.2 Å². The molecule has 0 aliphatic rings. The zero-order chi connectivity index (χ0) is 16.8. The molecular formula is C17H19N3O3. The van der Waals surface area contributed by atoms with Gasteiger partial charge in [0.15, 0.2) is 0 Å². The number of primary amides is 1. The Morgan fingerprint density at radius 2 is 1.78 bits per heavy atom. The first-order valence-electron chi connectivity index (χ1n) is 6.99. The second kappa shape index (κ2) is 7.31. The molecule has 0 saturated carbocycles. The van der Waals surface area contributed by atoms with E-state index in [1.165, 1.54) is 0 Å². The zero-order valence-electron chi connectivity index (χ0n) is 13.3. The van der Waals surface area contributed by atoms with Crippen LogP contribution in [0.2, 0.25) is 0 Å². The molecule has 0 atom stereocenters. The Kier molecular flexibility index (Phi) is 5.19. The summed E-state index contributed by atoms with van der Waals surface area (Å²) < 4.78 is 10.5. The van der Waals surface area contributed by atoms with Crippen LogP contribution in [0.1, 0.15) is 12.5 Å². The molecule has 0 aliphatic heterocycles. The van der Waals surface area contributed by atoms with Crippen molar-refractivity contribution in [2.75, 3.05) is 19.2 Å². The fourth-order valence-electron chi connectivity index (χ4n) is 2.10. The Labute approximate surface area is 135 Å². The summed E-state index contributed by atoms with van der Waals surface area (Å²) in [6.07, 6.45) is 0. The average molecular weight is 313 g/mol. The number of hydrazone groups is 1. The molecule has 6 heteroatoms. The predicted molar refractivity (Wildman–Crippen MR) is 90.3 cm³/mol. The van der Waals surface area contributed by atoms with Crippen molar-refractivity contribution in [2.24, 2.45) is 10.8 Å². The molecule has 2 aromatic carbocycles. The first kappa shape index (κ1) is 16.4. The number of ether oxygens (including phenoxy) is 2. The van der Waals surface area contributed by atoms with Crippen molar-refractivity contribution in [3.8, 4) is 11.5 Å². The molecule has 0 bridgehead atoms. The third kappa shape index (κ3) is 3.79. The summed E-state index contributed by atoms with van der Waals surface area (Å²) in [6, 6.07) is 13.7. The smallest absolute Gasteiger partial charge is 0.340 e. The van der Waals surface area contributed by atoms with Gasteiger partial charge in [0.1, 0.15) is 11.5 Å². The van der Waals surface area contributed by atoms with E-state index in [2.05, 4.69) is 5.10 Å². The number of hydrogen-bond acceptors (Lipinski definition) is 4. The van der Waals surface area contributed by atoms with Crippen LogP contribution in [-0.4, -0.2) is 26.0 Å². The molecular weight excluding hydrogens is 294 g/mol. The highest BCUT2D eigenvalue weighted by Crippen LogP contribution is 2.26. The number of urea groups is 1. The van der Waals surface area contributed by atoms with E-state index in [1.54, 1.807) is 45.4 Å². The lowest BCUT2D eigenvalue weighted by Crippen LogP contribution is -2.32. The molecule has 120 valence electrons. The summed E-state index contributed by atoms with van der Waals surface area (Å²) >= 11 is 0. The average Bonchev–Trinajstić information content (AvgIpc) is 2.59. The summed E-state index contributed by atoms with van der Waals surface area (Å²) in [4.78, 5) is 11.7. The molecule has 0 heterocycles. The molecule has 23 heavy (non-hydrogen) atoms. The molecule has 0 saturated heterocycles. The number of carbonyl (C=O) groups is 1. The Morgan fingerprint density at radius 1 is 1.09 bits per heavy atom. The molecule has 6 nitrogen and oxygen atoms in total. The Hall–Kier alpha value is -3.02. The van der Waals surface area contributed by atoms with Crippen LogP contribution in [-0.2, 0) is 0 Å². The van der Waals surface area contributed by atoms with Crippen LogP contribution in [0.3, 0.4) is 0 Å². The van der Waals surface area contributed by atoms with Crippen molar-refractivity contribution in [3.05, 3.63) is 54.1 Å². The van der Waals surface area contributed by atoms with Crippen LogP contribution in [0.4, 0.5) is 10.5 Å². The SMILES string of the molecule is COc1ccc(/C(C)=N/N(C(N)=O)c2ccccc2)c(OC)c1. The van der Waals surface area contributed by atoms with Crippen molar-refractivity contribution in [3.63, 3.8) is 0 Å². The molecule has 2 amide bonds. The topological polar surface area (TPSA) is 77.1 Å². The lowest BCUT2D eigenvalue weighted by molar-refractivity contribution is 0.254. The Bertz CT molecular complexity index is 714. The van der Waals surface area contributed by atoms with Gasteiger partial charge in [-0.3, -0.25) is 0 Å². The van der Waals surface area contributed by atoms with E-state index in [-0.39, 0.29) is 0 Å². The molecule has 2 rings (SSSR count). The first-order chi connectivity index (χ1) is 11.1. The Morgan fingerprint density at radius 3 is 2.35 bits per heavy atom. The van der Waals surface area contributed by atoms with Gasteiger partial charge in [0, 0.05) is 11.6 Å². The largest absolute Gasteiger partial charge is 0.497 e. The fraction of sp³-hybridized carbons (Fsp3) is 0.176. The number of amides is 2. The number of methoxy groups -OCH3 is 2. The van der Waals surface area contributed by atoms with Crippen molar-refractivity contribution in [1.29, 1.82) is 0 Å². The van der Waals surface area contributed by atoms with Crippen LogP contribution >= 0.6 is 0 Å². The molecule has 0 fully saturated rings. The van der Waals surface area contributed by atoms with Gasteiger partial charge in [0.05, 0.1) is 25.6 Å². The first-order valence-corrected chi connectivity index (χ1v) is 6.99. The third-order valence-corrected chi connectivity index (χ3v) is 3.26. The number of anilines is 1. The van der Waals surface area contributed by atoms with Crippen molar-refractivity contribution < 1.29 is 14.3 Å². The van der Waals surface area contributed by atoms with Crippen molar-refractivity contribution in [1.82, 2.24) is 0 Å². The number of carbonyl (C=O) groups excluding carboxylic acids is 1. The maximum absolute atomic E-state index is 11.7. The number of benzene rings is 2. The zero-order valence-corrected chi connectivity index (χ0v) is 13.3. The molecule has 0 aromatic heterocycles. The third-order valence-electron chi connectivity index (χ3n) is 3.26. The maximum Gasteiger partial charge on any atom is 0.340 e. The highest BCUT2D eigenvalue weighted by atomic mass is 16.5. The molecule has 0 radical (unpaired) electrons. The number of nitrogens with two attached hydrogens (primary N) is 1. The number of rotatable bonds is 5.